The molecule has 3 aliphatic heterocycles. The third-order valence-electron chi connectivity index (χ3n) is 14.1. The molecule has 0 aromatic heterocycles. The Balaban J connectivity index is 1.23. The van der Waals surface area contributed by atoms with E-state index in [0.717, 1.165) is 40.8 Å². The second-order valence-electron chi connectivity index (χ2n) is 18.5. The van der Waals surface area contributed by atoms with Crippen molar-refractivity contribution in [3.8, 4) is 11.1 Å². The number of hydrogen-bond acceptors (Lipinski definition) is 9. The molecule has 15 heteroatoms. The van der Waals surface area contributed by atoms with E-state index < -0.39 is 59.0 Å². The first-order valence-corrected chi connectivity index (χ1v) is 23.2. The fourth-order valence-corrected chi connectivity index (χ4v) is 10.6. The van der Waals surface area contributed by atoms with E-state index in [1.807, 2.05) is 94.4 Å². The molecule has 4 aromatic rings. The maximum absolute atomic E-state index is 14.2. The van der Waals surface area contributed by atoms with E-state index in [1.54, 1.807) is 0 Å². The molecule has 3 aliphatic rings. The Morgan fingerprint density at radius 2 is 0.955 bits per heavy atom. The van der Waals surface area contributed by atoms with Crippen molar-refractivity contribution < 1.29 is 38.2 Å². The zero-order chi connectivity index (χ0) is 48.2. The van der Waals surface area contributed by atoms with Crippen LogP contribution in [0.25, 0.3) is 11.1 Å². The van der Waals surface area contributed by atoms with Gasteiger partial charge in [0.2, 0.25) is 23.6 Å². The van der Waals surface area contributed by atoms with E-state index in [4.69, 9.17) is 20.9 Å². The van der Waals surface area contributed by atoms with E-state index in [1.165, 1.54) is 24.0 Å². The number of ether oxygens (including phenoxy) is 2. The van der Waals surface area contributed by atoms with Crippen molar-refractivity contribution in [1.82, 2.24) is 20.4 Å². The summed E-state index contributed by atoms with van der Waals surface area (Å²) in [7, 11) is 2.47. The largest absolute Gasteiger partial charge is 0.453 e. The Bertz CT molecular complexity index is 2320. The summed E-state index contributed by atoms with van der Waals surface area (Å²) in [5, 5.41) is 5.30. The zero-order valence-corrected chi connectivity index (χ0v) is 39.2. The molecule has 0 bridgehead atoms. The number of nitrogens with one attached hydrogen (secondary N) is 2. The lowest BCUT2D eigenvalue weighted by atomic mass is 9.84. The number of carbonyl (C=O) groups is 6. The van der Waals surface area contributed by atoms with Crippen molar-refractivity contribution in [1.29, 1.82) is 0 Å². The molecule has 6 amide bonds. The van der Waals surface area contributed by atoms with Gasteiger partial charge in [-0.2, -0.15) is 0 Å². The first-order valence-electron chi connectivity index (χ1n) is 23.2. The number of primary amides is 2. The van der Waals surface area contributed by atoms with Crippen molar-refractivity contribution in [3.63, 3.8) is 0 Å². The van der Waals surface area contributed by atoms with E-state index >= 15 is 0 Å². The van der Waals surface area contributed by atoms with Gasteiger partial charge in [-0.1, -0.05) is 119 Å². The van der Waals surface area contributed by atoms with Gasteiger partial charge in [0, 0.05) is 18.8 Å². The van der Waals surface area contributed by atoms with Crippen LogP contribution in [0.5, 0.6) is 0 Å². The Morgan fingerprint density at radius 3 is 1.31 bits per heavy atom. The standard InChI is InChI=1S/C52H63N7O8/c1-32(2)43(55-49(64)66-5)45(60)57-30-10-28-51(57,47(53)62)38-20-14-36(15-21-38)41-26-27-42(59(41)40-24-18-35(19-25-40)34-12-8-7-9-13-34)37-16-22-39(23-17-37)52(48(54)63)29-11-31-58(52)46(61)44(33(3)4)56-50(65)67-6/h7-9,12-25,32-33,41-44H,10-11,26-31H2,1-6H3,(H2,53,62)(H2,54,63)(H,55,64)(H,56,65)/t41-,42-,43-,44-,51-,52-/m0/s1. The molecule has 3 saturated heterocycles. The van der Waals surface area contributed by atoms with Gasteiger partial charge in [-0.3, -0.25) is 19.2 Å². The molecule has 354 valence electrons. The predicted octanol–water partition coefficient (Wildman–Crippen LogP) is 6.80. The van der Waals surface area contributed by atoms with Gasteiger partial charge < -0.3 is 46.3 Å². The fourth-order valence-electron chi connectivity index (χ4n) is 10.6. The number of carbonyl (C=O) groups excluding carboxylic acids is 6. The molecule has 3 fully saturated rings. The highest BCUT2D eigenvalue weighted by atomic mass is 16.5. The van der Waals surface area contributed by atoms with Crippen LogP contribution in [0.4, 0.5) is 15.3 Å². The number of amides is 6. The van der Waals surface area contributed by atoms with E-state index in [0.29, 0.717) is 49.9 Å². The number of nitrogens with zero attached hydrogens (tertiary/aromatic N) is 3. The highest BCUT2D eigenvalue weighted by Crippen LogP contribution is 2.49. The number of benzene rings is 4. The third kappa shape index (κ3) is 9.03. The number of rotatable bonds is 14. The molecule has 0 radical (unpaired) electrons. The van der Waals surface area contributed by atoms with Gasteiger partial charge in [0.15, 0.2) is 0 Å². The number of hydrogen-bond donors (Lipinski definition) is 4. The second kappa shape index (κ2) is 19.9. The van der Waals surface area contributed by atoms with E-state index in [2.05, 4.69) is 51.9 Å². The normalized spacial score (nSPS) is 22.4. The van der Waals surface area contributed by atoms with Gasteiger partial charge in [0.25, 0.3) is 0 Å². The van der Waals surface area contributed by atoms with E-state index in [9.17, 15) is 28.8 Å². The van der Waals surface area contributed by atoms with Gasteiger partial charge in [-0.05, 0) is 95.9 Å². The van der Waals surface area contributed by atoms with Crippen LogP contribution in [0.1, 0.15) is 101 Å². The highest BCUT2D eigenvalue weighted by molar-refractivity contribution is 5.96. The third-order valence-corrected chi connectivity index (χ3v) is 14.1. The summed E-state index contributed by atoms with van der Waals surface area (Å²) in [4.78, 5) is 85.5. The van der Waals surface area contributed by atoms with Gasteiger partial charge in [-0.25, -0.2) is 9.59 Å². The first kappa shape index (κ1) is 48.0. The maximum Gasteiger partial charge on any atom is 0.407 e. The Kier molecular flexibility index (Phi) is 14.3. The maximum atomic E-state index is 14.2. The van der Waals surface area contributed by atoms with Crippen LogP contribution in [0, 0.1) is 11.8 Å². The quantitative estimate of drug-likeness (QED) is 0.105. The summed E-state index contributed by atoms with van der Waals surface area (Å²) >= 11 is 0. The summed E-state index contributed by atoms with van der Waals surface area (Å²) in [6.07, 6.45) is 1.86. The molecule has 6 N–H and O–H groups in total. The fraction of sp³-hybridized carbons (Fsp3) is 0.423. The summed E-state index contributed by atoms with van der Waals surface area (Å²) in [6, 6.07) is 32.2. The number of nitrogens with two attached hydrogens (primary N) is 2. The number of alkyl carbamates (subject to hydrolysis) is 2. The van der Waals surface area contributed by atoms with Crippen molar-refractivity contribution in [2.75, 3.05) is 32.2 Å². The molecule has 0 unspecified atom stereocenters. The summed E-state index contributed by atoms with van der Waals surface area (Å²) in [5.74, 6) is -2.66. The summed E-state index contributed by atoms with van der Waals surface area (Å²) in [6.45, 7) is 7.87. The summed E-state index contributed by atoms with van der Waals surface area (Å²) < 4.78 is 9.62. The van der Waals surface area contributed by atoms with Crippen molar-refractivity contribution in [2.24, 2.45) is 23.3 Å². The zero-order valence-electron chi connectivity index (χ0n) is 39.2. The topological polar surface area (TPSA) is 207 Å². The number of anilines is 1. The molecule has 15 nitrogen and oxygen atoms in total. The van der Waals surface area contributed by atoms with Crippen molar-refractivity contribution in [2.45, 2.75) is 101 Å². The lowest BCUT2D eigenvalue weighted by Crippen LogP contribution is -2.59. The molecule has 67 heavy (non-hydrogen) atoms. The van der Waals surface area contributed by atoms with Crippen LogP contribution in [0.3, 0.4) is 0 Å². The predicted molar refractivity (Wildman–Crippen MR) is 254 cm³/mol. The molecular weight excluding hydrogens is 851 g/mol. The lowest BCUT2D eigenvalue weighted by molar-refractivity contribution is -0.146. The highest BCUT2D eigenvalue weighted by Gasteiger charge is 2.53. The number of methoxy groups -OCH3 is 2. The minimum absolute atomic E-state index is 0.100. The molecule has 0 saturated carbocycles. The average Bonchev–Trinajstić information content (AvgIpc) is 4.11. The molecule has 6 atom stereocenters. The monoisotopic (exact) mass is 913 g/mol. The minimum Gasteiger partial charge on any atom is -0.453 e. The van der Waals surface area contributed by atoms with Crippen LogP contribution in [-0.4, -0.2) is 85.0 Å². The van der Waals surface area contributed by atoms with Crippen LogP contribution < -0.4 is 27.0 Å². The molecule has 0 spiro atoms. The Hall–Kier alpha value is -6.90. The Morgan fingerprint density at radius 1 is 0.567 bits per heavy atom. The van der Waals surface area contributed by atoms with Gasteiger partial charge in [-0.15, -0.1) is 0 Å². The molecule has 0 aliphatic carbocycles. The SMILES string of the molecule is COC(=O)N[C@H](C(=O)N1CCC[C@@]1(C(N)=O)c1ccc([C@@H]2CC[C@@H](c3ccc([C@]4(C(N)=O)CCCN4C(=O)[C@@H](NC(=O)OC)C(C)C)cc3)N2c2ccc(-c3ccccc3)cc2)cc1)C(C)C. The van der Waals surface area contributed by atoms with E-state index in [-0.39, 0.29) is 23.9 Å². The lowest BCUT2D eigenvalue weighted by Gasteiger charge is -2.39. The van der Waals surface area contributed by atoms with Crippen molar-refractivity contribution >= 4 is 41.5 Å². The summed E-state index contributed by atoms with van der Waals surface area (Å²) in [5.41, 5.74) is 16.0. The number of likely N-dealkylation sites (tertiary alicyclic amines) is 2. The molecule has 7 rings (SSSR count). The minimum atomic E-state index is -1.41. The Labute approximate surface area is 392 Å². The van der Waals surface area contributed by atoms with Crippen LogP contribution in [0.15, 0.2) is 103 Å². The molecule has 3 heterocycles. The molecular formula is C52H63N7O8. The van der Waals surface area contributed by atoms with Crippen LogP contribution in [0.2, 0.25) is 0 Å². The van der Waals surface area contributed by atoms with Crippen LogP contribution in [-0.2, 0) is 39.7 Å². The van der Waals surface area contributed by atoms with Gasteiger partial charge in [0.05, 0.1) is 26.3 Å². The average molecular weight is 914 g/mol. The molecule has 4 aromatic carbocycles. The van der Waals surface area contributed by atoms with Gasteiger partial charge >= 0.3 is 12.2 Å². The first-order chi connectivity index (χ1) is 32.1. The smallest absolute Gasteiger partial charge is 0.407 e. The van der Waals surface area contributed by atoms with Crippen molar-refractivity contribution in [3.05, 3.63) is 125 Å². The van der Waals surface area contributed by atoms with Crippen LogP contribution >= 0.6 is 0 Å². The second-order valence-corrected chi connectivity index (χ2v) is 18.5. The van der Waals surface area contributed by atoms with Gasteiger partial charge in [0.1, 0.15) is 23.2 Å².